The van der Waals surface area contributed by atoms with Gasteiger partial charge in [-0.15, -0.1) is 0 Å². The molecule has 1 N–H and O–H groups in total. The number of fused-ring (bicyclic) bond motifs is 1. The molecule has 0 aliphatic heterocycles. The lowest BCUT2D eigenvalue weighted by Crippen LogP contribution is -2.16. The maximum Gasteiger partial charge on any atom is 0.417 e. The number of benzene rings is 2. The Kier molecular flexibility index (Phi) is 4.84. The first-order valence-corrected chi connectivity index (χ1v) is 8.84. The average Bonchev–Trinajstić information content (AvgIpc) is 3.11. The first-order valence-electron chi connectivity index (χ1n) is 8.46. The number of hydrogen-bond acceptors (Lipinski definition) is 5. The largest absolute Gasteiger partial charge is 0.417 e. The van der Waals surface area contributed by atoms with Crippen molar-refractivity contribution in [1.29, 1.82) is 0 Å². The second-order valence-electron chi connectivity index (χ2n) is 6.06. The van der Waals surface area contributed by atoms with E-state index in [2.05, 4.69) is 10.3 Å². The fourth-order valence-electron chi connectivity index (χ4n) is 2.81. The molecular weight excluding hydrogens is 396 g/mol. The molecule has 0 saturated heterocycles. The molecule has 29 heavy (non-hydrogen) atoms. The van der Waals surface area contributed by atoms with Gasteiger partial charge in [0, 0.05) is 40.7 Å². The zero-order valence-electron chi connectivity index (χ0n) is 14.8. The van der Waals surface area contributed by atoms with E-state index in [1.54, 1.807) is 36.5 Å². The zero-order valence-corrected chi connectivity index (χ0v) is 15.5. The van der Waals surface area contributed by atoms with E-state index in [1.807, 2.05) is 16.7 Å². The van der Waals surface area contributed by atoms with Gasteiger partial charge in [0.2, 0.25) is 0 Å². The second-order valence-corrected chi connectivity index (χ2v) is 6.50. The summed E-state index contributed by atoms with van der Waals surface area (Å²) in [7, 11) is 0. The molecular formula is C20H13ClN4O4. The number of hydrogen-bond donors (Lipinski definition) is 1. The molecule has 9 heteroatoms. The molecule has 0 radical (unpaired) electrons. The zero-order chi connectivity index (χ0) is 20.4. The Balaban J connectivity index is 1.51. The van der Waals surface area contributed by atoms with E-state index in [1.165, 1.54) is 24.3 Å². The van der Waals surface area contributed by atoms with E-state index in [4.69, 9.17) is 16.3 Å². The maximum absolute atomic E-state index is 12.1. The number of imidazole rings is 1. The molecule has 2 aromatic carbocycles. The van der Waals surface area contributed by atoms with Crippen molar-refractivity contribution in [2.24, 2.45) is 0 Å². The van der Waals surface area contributed by atoms with Gasteiger partial charge in [0.25, 0.3) is 5.69 Å². The minimum Gasteiger partial charge on any atom is -0.410 e. The third kappa shape index (κ3) is 4.02. The highest BCUT2D eigenvalue weighted by Gasteiger charge is 2.11. The van der Waals surface area contributed by atoms with Gasteiger partial charge in [0.05, 0.1) is 16.8 Å². The van der Waals surface area contributed by atoms with Crippen molar-refractivity contribution >= 4 is 34.7 Å². The molecule has 0 aliphatic carbocycles. The van der Waals surface area contributed by atoms with E-state index < -0.39 is 11.0 Å². The number of carbonyl (C=O) groups excluding carboxylic acids is 1. The molecule has 144 valence electrons. The van der Waals surface area contributed by atoms with Crippen molar-refractivity contribution in [3.8, 4) is 17.0 Å². The lowest BCUT2D eigenvalue weighted by atomic mass is 10.1. The number of ether oxygens (including phenoxy) is 1. The molecule has 4 rings (SSSR count). The number of non-ortho nitro benzene ring substituents is 1. The van der Waals surface area contributed by atoms with Crippen molar-refractivity contribution < 1.29 is 14.5 Å². The van der Waals surface area contributed by atoms with E-state index in [-0.39, 0.29) is 11.4 Å². The summed E-state index contributed by atoms with van der Waals surface area (Å²) >= 11 is 6.00. The van der Waals surface area contributed by atoms with Gasteiger partial charge < -0.3 is 4.74 Å². The third-order valence-electron chi connectivity index (χ3n) is 4.14. The summed E-state index contributed by atoms with van der Waals surface area (Å²) in [6.07, 6.45) is 2.84. The van der Waals surface area contributed by atoms with Crippen LogP contribution in [0.15, 0.2) is 73.1 Å². The van der Waals surface area contributed by atoms with Crippen molar-refractivity contribution in [3.05, 3.63) is 88.2 Å². The van der Waals surface area contributed by atoms with Gasteiger partial charge in [-0.05, 0) is 30.3 Å². The molecule has 0 aliphatic rings. The molecule has 0 atom stereocenters. The molecule has 2 aromatic heterocycles. The predicted octanol–water partition coefficient (Wildman–Crippen LogP) is 5.17. The van der Waals surface area contributed by atoms with Crippen LogP contribution in [-0.4, -0.2) is 20.4 Å². The number of halogens is 1. The van der Waals surface area contributed by atoms with Crippen LogP contribution in [0.5, 0.6) is 5.75 Å². The summed E-state index contributed by atoms with van der Waals surface area (Å²) < 4.78 is 7.05. The van der Waals surface area contributed by atoms with Crippen LogP contribution < -0.4 is 10.1 Å². The van der Waals surface area contributed by atoms with Crippen LogP contribution in [0.2, 0.25) is 5.02 Å². The highest BCUT2D eigenvalue weighted by atomic mass is 35.5. The lowest BCUT2D eigenvalue weighted by Gasteiger charge is -2.08. The van der Waals surface area contributed by atoms with Crippen LogP contribution in [0.1, 0.15) is 0 Å². The molecule has 4 aromatic rings. The van der Waals surface area contributed by atoms with Gasteiger partial charge >= 0.3 is 6.09 Å². The van der Waals surface area contributed by atoms with E-state index in [9.17, 15) is 14.9 Å². The first-order chi connectivity index (χ1) is 14.0. The van der Waals surface area contributed by atoms with Gasteiger partial charge in [0.15, 0.2) is 0 Å². The SMILES string of the molecule is O=C(Nc1cccc(-c2cnc3cc(Cl)ccn23)c1)Oc1ccc([N+](=O)[O-])cc1. The Bertz CT molecular complexity index is 1220. The number of amides is 1. The van der Waals surface area contributed by atoms with Crippen LogP contribution in [0, 0.1) is 10.1 Å². The standard InChI is InChI=1S/C20H13ClN4O4/c21-14-8-9-24-18(12-22-19(24)11-14)13-2-1-3-15(10-13)23-20(26)29-17-6-4-16(5-7-17)25(27)28/h1-12H,(H,23,26). The molecule has 0 saturated carbocycles. The van der Waals surface area contributed by atoms with Crippen LogP contribution in [0.25, 0.3) is 16.9 Å². The Morgan fingerprint density at radius 3 is 2.69 bits per heavy atom. The highest BCUT2D eigenvalue weighted by Crippen LogP contribution is 2.25. The van der Waals surface area contributed by atoms with E-state index in [0.29, 0.717) is 16.4 Å². The minimum absolute atomic E-state index is 0.0835. The molecule has 0 unspecified atom stereocenters. The van der Waals surface area contributed by atoms with Crippen molar-refractivity contribution in [2.45, 2.75) is 0 Å². The summed E-state index contributed by atoms with van der Waals surface area (Å²) in [6.45, 7) is 0. The molecule has 1 amide bonds. The summed E-state index contributed by atoms with van der Waals surface area (Å²) in [5, 5.41) is 13.9. The van der Waals surface area contributed by atoms with Crippen LogP contribution >= 0.6 is 11.6 Å². The third-order valence-corrected chi connectivity index (χ3v) is 4.37. The molecule has 0 fully saturated rings. The number of aromatic nitrogens is 2. The monoisotopic (exact) mass is 408 g/mol. The molecule has 0 spiro atoms. The van der Waals surface area contributed by atoms with E-state index >= 15 is 0 Å². The predicted molar refractivity (Wildman–Crippen MR) is 108 cm³/mol. The quantitative estimate of drug-likeness (QED) is 0.371. The average molecular weight is 409 g/mol. The van der Waals surface area contributed by atoms with Crippen molar-refractivity contribution in [3.63, 3.8) is 0 Å². The second kappa shape index (κ2) is 7.61. The Labute approximate surface area is 169 Å². The number of carbonyl (C=O) groups is 1. The topological polar surface area (TPSA) is 98.8 Å². The van der Waals surface area contributed by atoms with Crippen LogP contribution in [0.4, 0.5) is 16.2 Å². The summed E-state index contributed by atoms with van der Waals surface area (Å²) in [4.78, 5) is 26.6. The number of nitro benzene ring substituents is 1. The fraction of sp³-hybridized carbons (Fsp3) is 0. The Morgan fingerprint density at radius 2 is 1.93 bits per heavy atom. The summed E-state index contributed by atoms with van der Waals surface area (Å²) in [5.74, 6) is 0.197. The lowest BCUT2D eigenvalue weighted by molar-refractivity contribution is -0.384. The van der Waals surface area contributed by atoms with Gasteiger partial charge in [0.1, 0.15) is 11.4 Å². The highest BCUT2D eigenvalue weighted by molar-refractivity contribution is 6.30. The minimum atomic E-state index is -0.707. The van der Waals surface area contributed by atoms with Crippen LogP contribution in [-0.2, 0) is 0 Å². The maximum atomic E-state index is 12.1. The normalized spacial score (nSPS) is 10.7. The van der Waals surface area contributed by atoms with Gasteiger partial charge in [-0.2, -0.15) is 0 Å². The van der Waals surface area contributed by atoms with Crippen molar-refractivity contribution in [2.75, 3.05) is 5.32 Å². The Morgan fingerprint density at radius 1 is 1.14 bits per heavy atom. The van der Waals surface area contributed by atoms with E-state index in [0.717, 1.165) is 11.3 Å². The van der Waals surface area contributed by atoms with Crippen molar-refractivity contribution in [1.82, 2.24) is 9.38 Å². The van der Waals surface area contributed by atoms with Crippen LogP contribution in [0.3, 0.4) is 0 Å². The molecule has 2 heterocycles. The number of nitrogens with zero attached hydrogens (tertiary/aromatic N) is 3. The fourth-order valence-corrected chi connectivity index (χ4v) is 2.97. The number of anilines is 1. The Hall–Kier alpha value is -3.91. The smallest absolute Gasteiger partial charge is 0.410 e. The number of rotatable bonds is 4. The summed E-state index contributed by atoms with van der Waals surface area (Å²) in [6, 6.07) is 16.0. The van der Waals surface area contributed by atoms with Gasteiger partial charge in [-0.25, -0.2) is 9.78 Å². The molecule has 0 bridgehead atoms. The number of nitrogens with one attached hydrogen (secondary N) is 1. The van der Waals surface area contributed by atoms with Gasteiger partial charge in [-0.3, -0.25) is 19.8 Å². The van der Waals surface area contributed by atoms with Gasteiger partial charge in [-0.1, -0.05) is 23.7 Å². The number of pyridine rings is 1. The number of nitro groups is 1. The first kappa shape index (κ1) is 18.5. The summed E-state index contributed by atoms with van der Waals surface area (Å²) in [5.41, 5.74) is 2.83. The molecule has 8 nitrogen and oxygen atoms in total.